The summed E-state index contributed by atoms with van der Waals surface area (Å²) in [5.74, 6) is 6.23. The van der Waals surface area contributed by atoms with Crippen LogP contribution in [0.5, 0.6) is 0 Å². The Labute approximate surface area is 242 Å². The van der Waals surface area contributed by atoms with Crippen molar-refractivity contribution in [3.63, 3.8) is 0 Å². The van der Waals surface area contributed by atoms with Gasteiger partial charge in [0.05, 0.1) is 6.54 Å². The number of rotatable bonds is 13. The van der Waals surface area contributed by atoms with E-state index in [0.29, 0.717) is 23.9 Å². The minimum Gasteiger partial charge on any atom is -0.340 e. The molecule has 0 saturated heterocycles. The van der Waals surface area contributed by atoms with Crippen molar-refractivity contribution in [1.82, 2.24) is 15.6 Å². The summed E-state index contributed by atoms with van der Waals surface area (Å²) < 4.78 is 0. The summed E-state index contributed by atoms with van der Waals surface area (Å²) in [5, 5.41) is 7.82. The van der Waals surface area contributed by atoms with Gasteiger partial charge >= 0.3 is 0 Å². The molecule has 5 rings (SSSR count). The number of hydrogen-bond acceptors (Lipinski definition) is 4. The topological polar surface area (TPSA) is 87.5 Å². The van der Waals surface area contributed by atoms with E-state index >= 15 is 0 Å². The molecule has 0 heterocycles. The van der Waals surface area contributed by atoms with Crippen molar-refractivity contribution in [3.05, 3.63) is 132 Å². The van der Waals surface area contributed by atoms with E-state index in [-0.39, 0.29) is 18.4 Å². The third-order valence-electron chi connectivity index (χ3n) is 7.68. The zero-order chi connectivity index (χ0) is 28.4. The van der Waals surface area contributed by atoms with Crippen LogP contribution in [0.15, 0.2) is 115 Å². The fourth-order valence-corrected chi connectivity index (χ4v) is 5.25. The smallest absolute Gasteiger partial charge is 0.259 e. The number of amides is 2. The molecule has 4 aromatic carbocycles. The third kappa shape index (κ3) is 7.91. The molecule has 1 aliphatic carbocycles. The van der Waals surface area contributed by atoms with Gasteiger partial charge in [0.2, 0.25) is 0 Å². The summed E-state index contributed by atoms with van der Waals surface area (Å²) in [4.78, 5) is 26.6. The van der Waals surface area contributed by atoms with Crippen LogP contribution in [0.25, 0.3) is 11.1 Å². The number of benzene rings is 4. The number of carbonyl (C=O) groups excluding carboxylic acids is 2. The van der Waals surface area contributed by atoms with Gasteiger partial charge in [0.15, 0.2) is 0 Å². The van der Waals surface area contributed by atoms with Crippen molar-refractivity contribution in [1.29, 1.82) is 0 Å². The van der Waals surface area contributed by atoms with Gasteiger partial charge in [0.25, 0.3) is 11.8 Å². The highest BCUT2D eigenvalue weighted by Gasteiger charge is 2.37. The number of nitrogens with two attached hydrogens (primary N) is 1. The Morgan fingerprint density at radius 2 is 1.39 bits per heavy atom. The van der Waals surface area contributed by atoms with Crippen molar-refractivity contribution in [2.24, 2.45) is 5.84 Å². The lowest BCUT2D eigenvalue weighted by Crippen LogP contribution is -2.51. The van der Waals surface area contributed by atoms with Crippen molar-refractivity contribution in [2.75, 3.05) is 6.54 Å². The molecule has 1 saturated carbocycles. The fraction of sp³-hybridized carbons (Fsp3) is 0.257. The average Bonchev–Trinajstić information content (AvgIpc) is 3.81. The van der Waals surface area contributed by atoms with E-state index in [1.807, 2.05) is 78.9 Å². The summed E-state index contributed by atoms with van der Waals surface area (Å²) in [6.45, 7) is 1.15. The molecular weight excluding hydrogens is 508 g/mol. The second-order valence-corrected chi connectivity index (χ2v) is 10.7. The zero-order valence-electron chi connectivity index (χ0n) is 23.3. The zero-order valence-corrected chi connectivity index (χ0v) is 23.3. The number of nitrogens with one attached hydrogen (secondary N) is 2. The molecule has 0 aliphatic heterocycles. The lowest BCUT2D eigenvalue weighted by molar-refractivity contribution is -0.134. The van der Waals surface area contributed by atoms with Gasteiger partial charge in [-0.3, -0.25) is 14.6 Å². The van der Waals surface area contributed by atoms with Gasteiger partial charge in [-0.1, -0.05) is 103 Å². The van der Waals surface area contributed by atoms with Crippen LogP contribution in [0.2, 0.25) is 0 Å². The van der Waals surface area contributed by atoms with Gasteiger partial charge < -0.3 is 10.6 Å². The van der Waals surface area contributed by atoms with Crippen molar-refractivity contribution >= 4 is 11.8 Å². The molecule has 2 unspecified atom stereocenters. The number of hydrazine groups is 1. The normalized spacial score (nSPS) is 16.5. The van der Waals surface area contributed by atoms with Crippen molar-refractivity contribution in [2.45, 2.75) is 50.2 Å². The van der Waals surface area contributed by atoms with Gasteiger partial charge in [-0.2, -0.15) is 0 Å². The van der Waals surface area contributed by atoms with E-state index in [0.717, 1.165) is 42.5 Å². The van der Waals surface area contributed by atoms with E-state index < -0.39 is 6.04 Å². The maximum absolute atomic E-state index is 13.4. The summed E-state index contributed by atoms with van der Waals surface area (Å²) >= 11 is 0. The summed E-state index contributed by atoms with van der Waals surface area (Å²) in [6.07, 6.45) is 3.38. The van der Waals surface area contributed by atoms with Crippen LogP contribution in [-0.2, 0) is 11.3 Å². The molecule has 1 fully saturated rings. The SMILES string of the molecule is NN(Cc1ccccc1)C(=O)[C@H](CCCCNC1CC1c1ccccc1)NC(=O)c1ccc(-c2ccccc2)cc1. The molecule has 0 aromatic heterocycles. The van der Waals surface area contributed by atoms with Crippen LogP contribution in [0.4, 0.5) is 0 Å². The minimum absolute atomic E-state index is 0.280. The van der Waals surface area contributed by atoms with Crippen LogP contribution >= 0.6 is 0 Å². The highest BCUT2D eigenvalue weighted by molar-refractivity contribution is 5.97. The molecule has 4 aromatic rings. The van der Waals surface area contributed by atoms with Crippen LogP contribution in [-0.4, -0.2) is 35.5 Å². The van der Waals surface area contributed by atoms with Gasteiger partial charge in [0.1, 0.15) is 6.04 Å². The lowest BCUT2D eigenvalue weighted by atomic mass is 10.0. The second-order valence-electron chi connectivity index (χ2n) is 10.7. The summed E-state index contributed by atoms with van der Waals surface area (Å²) in [7, 11) is 0. The van der Waals surface area contributed by atoms with Gasteiger partial charge in [-0.15, -0.1) is 0 Å². The molecular formula is C35H38N4O2. The average molecular weight is 547 g/mol. The second kappa shape index (κ2) is 13.9. The van der Waals surface area contributed by atoms with Gasteiger partial charge in [0, 0.05) is 17.5 Å². The Morgan fingerprint density at radius 3 is 2.07 bits per heavy atom. The first-order valence-corrected chi connectivity index (χ1v) is 14.4. The Balaban J connectivity index is 1.17. The number of carbonyl (C=O) groups is 2. The largest absolute Gasteiger partial charge is 0.340 e. The van der Waals surface area contributed by atoms with E-state index in [1.54, 1.807) is 12.1 Å². The first-order chi connectivity index (χ1) is 20.1. The number of nitrogens with zero attached hydrogens (tertiary/aromatic N) is 1. The van der Waals surface area contributed by atoms with E-state index in [1.165, 1.54) is 10.6 Å². The highest BCUT2D eigenvalue weighted by atomic mass is 16.2. The van der Waals surface area contributed by atoms with Gasteiger partial charge in [-0.25, -0.2) is 5.84 Å². The van der Waals surface area contributed by atoms with Crippen molar-refractivity contribution < 1.29 is 9.59 Å². The predicted octanol–water partition coefficient (Wildman–Crippen LogP) is 5.67. The molecule has 2 amide bonds. The highest BCUT2D eigenvalue weighted by Crippen LogP contribution is 2.40. The molecule has 3 atom stereocenters. The molecule has 0 radical (unpaired) electrons. The summed E-state index contributed by atoms with van der Waals surface area (Å²) in [5.41, 5.74) is 4.95. The quantitative estimate of drug-likeness (QED) is 0.0873. The third-order valence-corrected chi connectivity index (χ3v) is 7.68. The van der Waals surface area contributed by atoms with Gasteiger partial charge in [-0.05, 0) is 66.6 Å². The maximum atomic E-state index is 13.4. The molecule has 210 valence electrons. The Bertz CT molecular complexity index is 1390. The lowest BCUT2D eigenvalue weighted by Gasteiger charge is -2.24. The number of unbranched alkanes of at least 4 members (excludes halogenated alkanes) is 1. The molecule has 6 heteroatoms. The molecule has 0 spiro atoms. The van der Waals surface area contributed by atoms with E-state index in [2.05, 4.69) is 34.9 Å². The van der Waals surface area contributed by atoms with Crippen LogP contribution in [0.3, 0.4) is 0 Å². The molecule has 1 aliphatic rings. The Morgan fingerprint density at radius 1 is 0.780 bits per heavy atom. The van der Waals surface area contributed by atoms with Crippen LogP contribution in [0, 0.1) is 0 Å². The summed E-state index contributed by atoms with van der Waals surface area (Å²) in [6, 6.07) is 37.5. The van der Waals surface area contributed by atoms with E-state index in [4.69, 9.17) is 5.84 Å². The first kappa shape index (κ1) is 28.3. The molecule has 0 bridgehead atoms. The van der Waals surface area contributed by atoms with Crippen molar-refractivity contribution in [3.8, 4) is 11.1 Å². The number of hydrogen-bond donors (Lipinski definition) is 3. The molecule has 4 N–H and O–H groups in total. The molecule has 6 nitrogen and oxygen atoms in total. The standard InChI is InChI=1S/C35H38N4O2/c36-39(25-26-12-4-1-5-13-26)35(41)32(18-10-11-23-37-33-24-31(33)29-16-8-3-9-17-29)38-34(40)30-21-19-28(20-22-30)27-14-6-2-7-15-27/h1-9,12-17,19-22,31-33,37H,10-11,18,23-25,36H2,(H,38,40)/t31?,32-,33?/m0/s1. The Kier molecular flexibility index (Phi) is 9.57. The fourth-order valence-electron chi connectivity index (χ4n) is 5.25. The maximum Gasteiger partial charge on any atom is 0.259 e. The van der Waals surface area contributed by atoms with E-state index in [9.17, 15) is 9.59 Å². The van der Waals surface area contributed by atoms with Crippen LogP contribution < -0.4 is 16.5 Å². The predicted molar refractivity (Wildman–Crippen MR) is 164 cm³/mol. The monoisotopic (exact) mass is 546 g/mol. The Hall–Kier alpha value is -4.26. The van der Waals surface area contributed by atoms with Crippen LogP contribution in [0.1, 0.15) is 53.1 Å². The minimum atomic E-state index is -0.706. The molecule has 41 heavy (non-hydrogen) atoms. The first-order valence-electron chi connectivity index (χ1n) is 14.4.